The molecule has 1 rings (SSSR count). The largest absolute Gasteiger partial charge is 0.481 e. The zero-order valence-corrected chi connectivity index (χ0v) is 10.2. The lowest BCUT2D eigenvalue weighted by molar-refractivity contribution is -0.138. The highest BCUT2D eigenvalue weighted by molar-refractivity contribution is 9.10. The van der Waals surface area contributed by atoms with Crippen LogP contribution >= 0.6 is 15.9 Å². The average molecular weight is 273 g/mol. The van der Waals surface area contributed by atoms with E-state index in [1.807, 2.05) is 31.1 Å². The molecule has 0 spiro atoms. The van der Waals surface area contributed by atoms with Crippen LogP contribution in [0.1, 0.15) is 18.2 Å². The summed E-state index contributed by atoms with van der Waals surface area (Å²) in [6.07, 6.45) is 1.73. The van der Waals surface area contributed by atoms with Gasteiger partial charge in [-0.1, -0.05) is 0 Å². The maximum Gasteiger partial charge on any atom is 0.305 e. The molecule has 0 aliphatic carbocycles. The van der Waals surface area contributed by atoms with Crippen molar-refractivity contribution in [3.8, 4) is 0 Å². The van der Waals surface area contributed by atoms with E-state index in [2.05, 4.69) is 20.9 Å². The molecule has 1 heterocycles. The summed E-state index contributed by atoms with van der Waals surface area (Å²) >= 11 is 3.29. The molecule has 1 atom stereocenters. The molecule has 4 nitrogen and oxygen atoms in total. The van der Waals surface area contributed by atoms with Crippen LogP contribution in [0.25, 0.3) is 0 Å². The number of aliphatic carboxylic acids is 1. The van der Waals surface area contributed by atoms with E-state index in [1.54, 1.807) is 6.20 Å². The van der Waals surface area contributed by atoms with Gasteiger partial charge in [0.25, 0.3) is 0 Å². The number of nitrogens with zero attached hydrogens (tertiary/aromatic N) is 2. The number of carboxylic acid groups (broad SMARTS) is 1. The molecule has 15 heavy (non-hydrogen) atoms. The van der Waals surface area contributed by atoms with Crippen LogP contribution in [0.5, 0.6) is 0 Å². The first-order chi connectivity index (χ1) is 7.00. The fourth-order valence-corrected chi connectivity index (χ4v) is 1.54. The maximum absolute atomic E-state index is 10.7. The summed E-state index contributed by atoms with van der Waals surface area (Å²) in [5.41, 5.74) is 0.769. The van der Waals surface area contributed by atoms with Gasteiger partial charge < -0.3 is 10.0 Å². The van der Waals surface area contributed by atoms with Gasteiger partial charge in [0, 0.05) is 10.7 Å². The summed E-state index contributed by atoms with van der Waals surface area (Å²) < 4.78 is 0.888. The van der Waals surface area contributed by atoms with E-state index in [1.165, 1.54) is 0 Å². The summed E-state index contributed by atoms with van der Waals surface area (Å²) in [6, 6.07) is 3.51. The van der Waals surface area contributed by atoms with Crippen LogP contribution in [0, 0.1) is 0 Å². The molecular weight excluding hydrogens is 260 g/mol. The Balaban J connectivity index is 2.88. The highest BCUT2D eigenvalue weighted by Crippen LogP contribution is 2.21. The smallest absolute Gasteiger partial charge is 0.305 e. The SMILES string of the molecule is CN(C)C(CC(=O)O)c1ccc(Br)cn1. The quantitative estimate of drug-likeness (QED) is 0.910. The molecule has 0 saturated carbocycles. The average Bonchev–Trinajstić information content (AvgIpc) is 2.15. The van der Waals surface area contributed by atoms with Gasteiger partial charge >= 0.3 is 5.97 Å². The molecule has 0 fully saturated rings. The van der Waals surface area contributed by atoms with Crippen LogP contribution in [0.2, 0.25) is 0 Å². The van der Waals surface area contributed by atoms with Crippen LogP contribution < -0.4 is 0 Å². The maximum atomic E-state index is 10.7. The summed E-state index contributed by atoms with van der Waals surface area (Å²) in [6.45, 7) is 0. The number of carbonyl (C=O) groups is 1. The van der Waals surface area contributed by atoms with Crippen molar-refractivity contribution in [1.82, 2.24) is 9.88 Å². The minimum atomic E-state index is -0.821. The fraction of sp³-hybridized carbons (Fsp3) is 0.400. The van der Waals surface area contributed by atoms with E-state index in [4.69, 9.17) is 5.11 Å². The zero-order chi connectivity index (χ0) is 11.4. The Bertz CT molecular complexity index is 338. The van der Waals surface area contributed by atoms with Gasteiger partial charge in [-0.05, 0) is 42.2 Å². The lowest BCUT2D eigenvalue weighted by Crippen LogP contribution is -2.23. The van der Waals surface area contributed by atoms with Gasteiger partial charge in [-0.25, -0.2) is 0 Å². The molecule has 0 bridgehead atoms. The standard InChI is InChI=1S/C10H13BrN2O2/c1-13(2)9(5-10(14)15)8-4-3-7(11)6-12-8/h3-4,6,9H,5H2,1-2H3,(H,14,15). The van der Waals surface area contributed by atoms with Crippen LogP contribution in [0.15, 0.2) is 22.8 Å². The second kappa shape index (κ2) is 5.23. The monoisotopic (exact) mass is 272 g/mol. The van der Waals surface area contributed by atoms with Gasteiger partial charge in [-0.2, -0.15) is 0 Å². The highest BCUT2D eigenvalue weighted by Gasteiger charge is 2.18. The molecule has 1 aromatic rings. The predicted octanol–water partition coefficient (Wildman–Crippen LogP) is 1.92. The molecule has 1 unspecified atom stereocenters. The lowest BCUT2D eigenvalue weighted by atomic mass is 10.1. The molecular formula is C10H13BrN2O2. The summed E-state index contributed by atoms with van der Waals surface area (Å²) in [5.74, 6) is -0.821. The van der Waals surface area contributed by atoms with Crippen molar-refractivity contribution in [3.63, 3.8) is 0 Å². The second-order valence-corrected chi connectivity index (χ2v) is 4.39. The number of hydrogen-bond acceptors (Lipinski definition) is 3. The topological polar surface area (TPSA) is 53.4 Å². The summed E-state index contributed by atoms with van der Waals surface area (Å²) in [7, 11) is 3.69. The molecule has 1 aromatic heterocycles. The van der Waals surface area contributed by atoms with Crippen molar-refractivity contribution in [2.45, 2.75) is 12.5 Å². The fourth-order valence-electron chi connectivity index (χ4n) is 1.30. The van der Waals surface area contributed by atoms with Crippen molar-refractivity contribution in [3.05, 3.63) is 28.5 Å². The first-order valence-corrected chi connectivity index (χ1v) is 5.29. The van der Waals surface area contributed by atoms with Crippen LogP contribution in [0.3, 0.4) is 0 Å². The zero-order valence-electron chi connectivity index (χ0n) is 8.64. The van der Waals surface area contributed by atoms with Crippen molar-refractivity contribution >= 4 is 21.9 Å². The summed E-state index contributed by atoms with van der Waals surface area (Å²) in [4.78, 5) is 16.7. The predicted molar refractivity (Wildman–Crippen MR) is 60.6 cm³/mol. The molecule has 1 N–H and O–H groups in total. The highest BCUT2D eigenvalue weighted by atomic mass is 79.9. The Hall–Kier alpha value is -0.940. The Morgan fingerprint density at radius 2 is 2.27 bits per heavy atom. The minimum absolute atomic E-state index is 0.0572. The van der Waals surface area contributed by atoms with E-state index in [-0.39, 0.29) is 12.5 Å². The van der Waals surface area contributed by atoms with Gasteiger partial charge in [0.2, 0.25) is 0 Å². The van der Waals surface area contributed by atoms with E-state index in [9.17, 15) is 4.79 Å². The first-order valence-electron chi connectivity index (χ1n) is 4.50. The van der Waals surface area contributed by atoms with Crippen LogP contribution in [-0.4, -0.2) is 35.1 Å². The Kier molecular flexibility index (Phi) is 4.23. The third-order valence-corrected chi connectivity index (χ3v) is 2.55. The lowest BCUT2D eigenvalue weighted by Gasteiger charge is -2.21. The summed E-state index contributed by atoms with van der Waals surface area (Å²) in [5, 5.41) is 8.78. The molecule has 5 heteroatoms. The number of halogens is 1. The van der Waals surface area contributed by atoms with Crippen LogP contribution in [-0.2, 0) is 4.79 Å². The van der Waals surface area contributed by atoms with Crippen molar-refractivity contribution in [2.75, 3.05) is 14.1 Å². The molecule has 0 aliphatic rings. The van der Waals surface area contributed by atoms with Gasteiger partial charge in [-0.15, -0.1) is 0 Å². The number of pyridine rings is 1. The van der Waals surface area contributed by atoms with Gasteiger partial charge in [-0.3, -0.25) is 9.78 Å². The van der Waals surface area contributed by atoms with Crippen molar-refractivity contribution < 1.29 is 9.90 Å². The molecule has 0 saturated heterocycles. The third kappa shape index (κ3) is 3.60. The van der Waals surface area contributed by atoms with Gasteiger partial charge in [0.05, 0.1) is 18.2 Å². The molecule has 0 aliphatic heterocycles. The molecule has 0 aromatic carbocycles. The number of hydrogen-bond donors (Lipinski definition) is 1. The van der Waals surface area contributed by atoms with E-state index in [0.29, 0.717) is 0 Å². The van der Waals surface area contributed by atoms with E-state index < -0.39 is 5.97 Å². The number of rotatable bonds is 4. The van der Waals surface area contributed by atoms with E-state index >= 15 is 0 Å². The Labute approximate surface area is 97.1 Å². The molecule has 0 radical (unpaired) electrons. The molecule has 0 amide bonds. The number of aromatic nitrogens is 1. The Morgan fingerprint density at radius 3 is 2.67 bits per heavy atom. The normalized spacial score (nSPS) is 12.8. The second-order valence-electron chi connectivity index (χ2n) is 3.48. The number of carboxylic acids is 1. The Morgan fingerprint density at radius 1 is 1.60 bits per heavy atom. The van der Waals surface area contributed by atoms with Gasteiger partial charge in [0.15, 0.2) is 0 Å². The first kappa shape index (κ1) is 12.1. The third-order valence-electron chi connectivity index (χ3n) is 2.08. The van der Waals surface area contributed by atoms with Crippen molar-refractivity contribution in [2.24, 2.45) is 0 Å². The van der Waals surface area contributed by atoms with Crippen LogP contribution in [0.4, 0.5) is 0 Å². The van der Waals surface area contributed by atoms with Gasteiger partial charge in [0.1, 0.15) is 0 Å². The minimum Gasteiger partial charge on any atom is -0.481 e. The molecule has 82 valence electrons. The van der Waals surface area contributed by atoms with E-state index in [0.717, 1.165) is 10.2 Å². The van der Waals surface area contributed by atoms with Crippen molar-refractivity contribution in [1.29, 1.82) is 0 Å².